The Kier molecular flexibility index (Phi) is 5.80. The van der Waals surface area contributed by atoms with Gasteiger partial charge in [0.25, 0.3) is 5.91 Å². The van der Waals surface area contributed by atoms with Gasteiger partial charge in [-0.1, -0.05) is 15.9 Å². The van der Waals surface area contributed by atoms with E-state index in [4.69, 9.17) is 9.15 Å². The van der Waals surface area contributed by atoms with Crippen LogP contribution in [0.4, 0.5) is 15.9 Å². The van der Waals surface area contributed by atoms with E-state index in [0.717, 1.165) is 6.33 Å². The molecule has 160 valence electrons. The molecular formula is C19H15BrFN5O5. The van der Waals surface area contributed by atoms with E-state index >= 15 is 0 Å². The number of halogens is 2. The monoisotopic (exact) mass is 491 g/mol. The van der Waals surface area contributed by atoms with Crippen molar-refractivity contribution in [1.29, 1.82) is 0 Å². The van der Waals surface area contributed by atoms with Crippen molar-refractivity contribution in [2.75, 3.05) is 31.1 Å². The van der Waals surface area contributed by atoms with Gasteiger partial charge in [-0.15, -0.1) is 0 Å². The predicted octanol–water partition coefficient (Wildman–Crippen LogP) is 3.63. The standard InChI is InChI=1S/C19H15BrFN5O5/c20-12-3-4-14(13(21)10-12)31-18-16(26(28)29)17(22-11-23-18)24-5-7-25(8-6-24)19(27)15-2-1-9-30-15/h1-4,9-11H,5-8H2. The molecule has 1 aliphatic rings. The fourth-order valence-electron chi connectivity index (χ4n) is 3.16. The maximum atomic E-state index is 14.1. The van der Waals surface area contributed by atoms with Crippen LogP contribution in [0.15, 0.2) is 51.8 Å². The third-order valence-electron chi connectivity index (χ3n) is 4.65. The SMILES string of the molecule is O=C(c1ccco1)N1CCN(c2ncnc(Oc3ccc(Br)cc3F)c2[N+](=O)[O-])CC1. The van der Waals surface area contributed by atoms with Crippen molar-refractivity contribution in [2.24, 2.45) is 0 Å². The number of carbonyl (C=O) groups excluding carboxylic acids is 1. The Labute approximate surface area is 183 Å². The Bertz CT molecular complexity index is 1120. The van der Waals surface area contributed by atoms with Gasteiger partial charge >= 0.3 is 11.6 Å². The minimum atomic E-state index is -0.700. The van der Waals surface area contributed by atoms with Crippen LogP contribution in [0.2, 0.25) is 0 Å². The lowest BCUT2D eigenvalue weighted by Crippen LogP contribution is -2.49. The molecule has 0 atom stereocenters. The number of ether oxygens (including phenoxy) is 1. The van der Waals surface area contributed by atoms with Crippen LogP contribution in [0.5, 0.6) is 11.6 Å². The number of amides is 1. The van der Waals surface area contributed by atoms with Gasteiger partial charge in [0.15, 0.2) is 17.3 Å². The molecule has 0 radical (unpaired) electrons. The van der Waals surface area contributed by atoms with Crippen LogP contribution in [0.1, 0.15) is 10.6 Å². The summed E-state index contributed by atoms with van der Waals surface area (Å²) in [6.07, 6.45) is 2.54. The number of nitro groups is 1. The van der Waals surface area contributed by atoms with Crippen LogP contribution in [0, 0.1) is 15.9 Å². The third kappa shape index (κ3) is 4.33. The highest BCUT2D eigenvalue weighted by molar-refractivity contribution is 9.10. The minimum absolute atomic E-state index is 0.0395. The summed E-state index contributed by atoms with van der Waals surface area (Å²) in [5.41, 5.74) is -0.476. The molecule has 0 unspecified atom stereocenters. The topological polar surface area (TPSA) is 115 Å². The molecule has 0 aliphatic carbocycles. The highest BCUT2D eigenvalue weighted by Gasteiger charge is 2.32. The second-order valence-corrected chi connectivity index (χ2v) is 7.46. The molecule has 3 aromatic rings. The van der Waals surface area contributed by atoms with Crippen LogP contribution < -0.4 is 9.64 Å². The lowest BCUT2D eigenvalue weighted by molar-refractivity contribution is -0.385. The zero-order valence-corrected chi connectivity index (χ0v) is 17.5. The largest absolute Gasteiger partial charge is 0.459 e. The number of furan rings is 1. The predicted molar refractivity (Wildman–Crippen MR) is 110 cm³/mol. The molecule has 0 N–H and O–H groups in total. The van der Waals surface area contributed by atoms with Crippen molar-refractivity contribution < 1.29 is 23.3 Å². The fourth-order valence-corrected chi connectivity index (χ4v) is 3.49. The highest BCUT2D eigenvalue weighted by Crippen LogP contribution is 2.37. The van der Waals surface area contributed by atoms with Crippen LogP contribution in [0.25, 0.3) is 0 Å². The molecule has 2 aromatic heterocycles. The van der Waals surface area contributed by atoms with Crippen molar-refractivity contribution >= 4 is 33.3 Å². The van der Waals surface area contributed by atoms with E-state index in [0.29, 0.717) is 30.7 Å². The van der Waals surface area contributed by atoms with Crippen molar-refractivity contribution in [3.05, 3.63) is 69.1 Å². The number of piperazine rings is 1. The summed E-state index contributed by atoms with van der Waals surface area (Å²) in [5, 5.41) is 11.8. The third-order valence-corrected chi connectivity index (χ3v) is 5.14. The molecule has 1 amide bonds. The number of hydrogen-bond acceptors (Lipinski definition) is 8. The molecule has 1 aromatic carbocycles. The average Bonchev–Trinajstić information content (AvgIpc) is 3.30. The summed E-state index contributed by atoms with van der Waals surface area (Å²) in [7, 11) is 0. The second-order valence-electron chi connectivity index (χ2n) is 6.54. The first-order valence-corrected chi connectivity index (χ1v) is 9.93. The maximum Gasteiger partial charge on any atom is 0.373 e. The molecule has 0 bridgehead atoms. The van der Waals surface area contributed by atoms with Crippen molar-refractivity contribution in [3.63, 3.8) is 0 Å². The highest BCUT2D eigenvalue weighted by atomic mass is 79.9. The van der Waals surface area contributed by atoms with Gasteiger partial charge in [-0.2, -0.15) is 4.98 Å². The normalized spacial score (nSPS) is 13.9. The number of hydrogen-bond donors (Lipinski definition) is 0. The molecule has 1 saturated heterocycles. The Morgan fingerprint density at radius 2 is 2.00 bits per heavy atom. The van der Waals surface area contributed by atoms with Crippen molar-refractivity contribution in [1.82, 2.24) is 14.9 Å². The van der Waals surface area contributed by atoms with Gasteiger partial charge in [0.2, 0.25) is 5.82 Å². The van der Waals surface area contributed by atoms with E-state index in [9.17, 15) is 19.3 Å². The minimum Gasteiger partial charge on any atom is -0.459 e. The van der Waals surface area contributed by atoms with Gasteiger partial charge in [0, 0.05) is 30.7 Å². The van der Waals surface area contributed by atoms with Crippen LogP contribution in [-0.4, -0.2) is 51.9 Å². The lowest BCUT2D eigenvalue weighted by atomic mass is 10.2. The van der Waals surface area contributed by atoms with Gasteiger partial charge < -0.3 is 19.0 Å². The van der Waals surface area contributed by atoms with Crippen LogP contribution in [-0.2, 0) is 0 Å². The van der Waals surface area contributed by atoms with Gasteiger partial charge in [0.05, 0.1) is 11.2 Å². The number of anilines is 1. The summed E-state index contributed by atoms with van der Waals surface area (Å²) in [6.45, 7) is 1.24. The van der Waals surface area contributed by atoms with Gasteiger partial charge in [0.1, 0.15) is 6.33 Å². The summed E-state index contributed by atoms with van der Waals surface area (Å²) < 4.78 is 25.2. The number of carbonyl (C=O) groups is 1. The summed E-state index contributed by atoms with van der Waals surface area (Å²) in [5.74, 6) is -1.26. The molecule has 12 heteroatoms. The Hall–Kier alpha value is -3.54. The number of benzene rings is 1. The second kappa shape index (κ2) is 8.68. The van der Waals surface area contributed by atoms with E-state index in [1.54, 1.807) is 28.0 Å². The number of aromatic nitrogens is 2. The molecule has 10 nitrogen and oxygen atoms in total. The quantitative estimate of drug-likeness (QED) is 0.392. The molecule has 3 heterocycles. The molecule has 0 saturated carbocycles. The molecule has 4 rings (SSSR count). The maximum absolute atomic E-state index is 14.1. The van der Waals surface area contributed by atoms with E-state index < -0.39 is 16.4 Å². The summed E-state index contributed by atoms with van der Waals surface area (Å²) >= 11 is 3.14. The molecule has 1 aliphatic heterocycles. The first kappa shape index (κ1) is 20.7. The van der Waals surface area contributed by atoms with Crippen LogP contribution in [0.3, 0.4) is 0 Å². The number of nitrogens with zero attached hydrogens (tertiary/aromatic N) is 5. The Morgan fingerprint density at radius 1 is 1.23 bits per heavy atom. The van der Waals surface area contributed by atoms with E-state index in [1.165, 1.54) is 18.4 Å². The lowest BCUT2D eigenvalue weighted by Gasteiger charge is -2.34. The Balaban J connectivity index is 1.56. The van der Waals surface area contributed by atoms with Crippen LogP contribution >= 0.6 is 15.9 Å². The zero-order chi connectivity index (χ0) is 22.0. The molecule has 31 heavy (non-hydrogen) atoms. The molecular weight excluding hydrogens is 477 g/mol. The van der Waals surface area contributed by atoms with E-state index in [-0.39, 0.29) is 29.1 Å². The molecule has 1 fully saturated rings. The first-order chi connectivity index (χ1) is 14.9. The zero-order valence-electron chi connectivity index (χ0n) is 15.9. The first-order valence-electron chi connectivity index (χ1n) is 9.14. The Morgan fingerprint density at radius 3 is 2.65 bits per heavy atom. The summed E-state index contributed by atoms with van der Waals surface area (Å²) in [4.78, 5) is 34.7. The fraction of sp³-hybridized carbons (Fsp3) is 0.211. The van der Waals surface area contributed by atoms with Gasteiger partial charge in [-0.3, -0.25) is 14.9 Å². The number of rotatable bonds is 5. The van der Waals surface area contributed by atoms with Gasteiger partial charge in [-0.05, 0) is 30.3 Å². The van der Waals surface area contributed by atoms with Gasteiger partial charge in [-0.25, -0.2) is 9.37 Å². The average molecular weight is 492 g/mol. The van der Waals surface area contributed by atoms with E-state index in [2.05, 4.69) is 25.9 Å². The molecule has 0 spiro atoms. The van der Waals surface area contributed by atoms with Crippen molar-refractivity contribution in [3.8, 4) is 11.6 Å². The summed E-state index contributed by atoms with van der Waals surface area (Å²) in [6, 6.07) is 7.27. The smallest absolute Gasteiger partial charge is 0.373 e. The van der Waals surface area contributed by atoms with Crippen molar-refractivity contribution in [2.45, 2.75) is 0 Å². The van der Waals surface area contributed by atoms with E-state index in [1.807, 2.05) is 0 Å².